The zero-order valence-corrected chi connectivity index (χ0v) is 12.7. The molecule has 1 aromatic rings. The maximum absolute atomic E-state index is 12.4. The van der Waals surface area contributed by atoms with E-state index in [0.717, 1.165) is 31.2 Å². The second-order valence-corrected chi connectivity index (χ2v) is 7.15. The fourth-order valence-corrected chi connectivity index (χ4v) is 4.11. The van der Waals surface area contributed by atoms with Crippen LogP contribution in [0.4, 0.5) is 0 Å². The lowest BCUT2D eigenvalue weighted by atomic mass is 9.99. The van der Waals surface area contributed by atoms with Crippen molar-refractivity contribution in [1.82, 2.24) is 10.2 Å². The SMILES string of the molecule is Cc1cccc(S(=O)(=O)NC(C(=O)NO)C2CCCC2)c1. The number of benzene rings is 1. The van der Waals surface area contributed by atoms with Gasteiger partial charge >= 0.3 is 0 Å². The van der Waals surface area contributed by atoms with Gasteiger partial charge in [0.2, 0.25) is 10.0 Å². The van der Waals surface area contributed by atoms with E-state index in [4.69, 9.17) is 5.21 Å². The summed E-state index contributed by atoms with van der Waals surface area (Å²) >= 11 is 0. The summed E-state index contributed by atoms with van der Waals surface area (Å²) in [4.78, 5) is 11.9. The number of hydroxylamine groups is 1. The van der Waals surface area contributed by atoms with Crippen molar-refractivity contribution >= 4 is 15.9 Å². The third kappa shape index (κ3) is 3.81. The van der Waals surface area contributed by atoms with Crippen molar-refractivity contribution in [3.63, 3.8) is 0 Å². The standard InChI is InChI=1S/C14H20N2O4S/c1-10-5-4-8-12(9-10)21(19,20)16-13(14(17)15-18)11-6-2-3-7-11/h4-5,8-9,11,13,16,18H,2-3,6-7H2,1H3,(H,15,17). The van der Waals surface area contributed by atoms with Crippen molar-refractivity contribution in [2.45, 2.75) is 43.5 Å². The molecular formula is C14H20N2O4S. The summed E-state index contributed by atoms with van der Waals surface area (Å²) in [6.45, 7) is 1.80. The highest BCUT2D eigenvalue weighted by Gasteiger charge is 2.34. The molecule has 116 valence electrons. The molecule has 0 radical (unpaired) electrons. The molecule has 6 nitrogen and oxygen atoms in total. The molecule has 1 aromatic carbocycles. The number of hydrogen-bond donors (Lipinski definition) is 3. The van der Waals surface area contributed by atoms with Crippen molar-refractivity contribution in [1.29, 1.82) is 0 Å². The van der Waals surface area contributed by atoms with Gasteiger partial charge in [0, 0.05) is 0 Å². The molecule has 0 aromatic heterocycles. The van der Waals surface area contributed by atoms with Crippen molar-refractivity contribution in [2.75, 3.05) is 0 Å². The largest absolute Gasteiger partial charge is 0.289 e. The van der Waals surface area contributed by atoms with Gasteiger partial charge in [0.15, 0.2) is 0 Å². The molecule has 1 unspecified atom stereocenters. The van der Waals surface area contributed by atoms with Crippen LogP contribution < -0.4 is 10.2 Å². The predicted octanol–water partition coefficient (Wildman–Crippen LogP) is 1.34. The van der Waals surface area contributed by atoms with E-state index in [1.54, 1.807) is 30.6 Å². The minimum Gasteiger partial charge on any atom is -0.289 e. The van der Waals surface area contributed by atoms with Crippen LogP contribution in [0.1, 0.15) is 31.2 Å². The molecule has 2 rings (SSSR count). The Hall–Kier alpha value is -1.44. The molecule has 0 heterocycles. The number of carbonyl (C=O) groups excluding carboxylic acids is 1. The normalized spacial score (nSPS) is 17.6. The van der Waals surface area contributed by atoms with E-state index in [1.165, 1.54) is 6.07 Å². The van der Waals surface area contributed by atoms with Gasteiger partial charge in [-0.3, -0.25) is 10.0 Å². The first-order valence-corrected chi connectivity index (χ1v) is 8.45. The van der Waals surface area contributed by atoms with Gasteiger partial charge in [-0.2, -0.15) is 4.72 Å². The van der Waals surface area contributed by atoms with Crippen molar-refractivity contribution < 1.29 is 18.4 Å². The Kier molecular flexibility index (Phi) is 4.97. The summed E-state index contributed by atoms with van der Waals surface area (Å²) in [5, 5.41) is 8.84. The lowest BCUT2D eigenvalue weighted by Gasteiger charge is -2.22. The number of sulfonamides is 1. The molecular weight excluding hydrogens is 292 g/mol. The average molecular weight is 312 g/mol. The number of nitrogens with one attached hydrogen (secondary N) is 2. The highest BCUT2D eigenvalue weighted by molar-refractivity contribution is 7.89. The van der Waals surface area contributed by atoms with E-state index in [1.807, 2.05) is 0 Å². The average Bonchev–Trinajstić information content (AvgIpc) is 2.98. The molecule has 0 saturated heterocycles. The Labute approximate surface area is 124 Å². The van der Waals surface area contributed by atoms with Gasteiger partial charge in [0.25, 0.3) is 5.91 Å². The van der Waals surface area contributed by atoms with Crippen LogP contribution in [0.5, 0.6) is 0 Å². The number of hydrogen-bond acceptors (Lipinski definition) is 4. The molecule has 1 amide bonds. The van der Waals surface area contributed by atoms with Crippen LogP contribution in [0.3, 0.4) is 0 Å². The lowest BCUT2D eigenvalue weighted by Crippen LogP contribution is -2.49. The van der Waals surface area contributed by atoms with Gasteiger partial charge in [-0.05, 0) is 43.4 Å². The first kappa shape index (κ1) is 15.9. The monoisotopic (exact) mass is 312 g/mol. The molecule has 1 atom stereocenters. The van der Waals surface area contributed by atoms with Crippen molar-refractivity contribution in [2.24, 2.45) is 5.92 Å². The molecule has 0 bridgehead atoms. The number of amides is 1. The van der Waals surface area contributed by atoms with Gasteiger partial charge < -0.3 is 0 Å². The van der Waals surface area contributed by atoms with Gasteiger partial charge in [-0.1, -0.05) is 25.0 Å². The van der Waals surface area contributed by atoms with Crippen molar-refractivity contribution in [3.8, 4) is 0 Å². The summed E-state index contributed by atoms with van der Waals surface area (Å²) < 4.78 is 27.2. The predicted molar refractivity (Wildman–Crippen MR) is 77.2 cm³/mol. The number of carbonyl (C=O) groups is 1. The highest BCUT2D eigenvalue weighted by Crippen LogP contribution is 2.28. The van der Waals surface area contributed by atoms with E-state index >= 15 is 0 Å². The summed E-state index contributed by atoms with van der Waals surface area (Å²) in [7, 11) is -3.80. The van der Waals surface area contributed by atoms with Crippen LogP contribution in [0.2, 0.25) is 0 Å². The quantitative estimate of drug-likeness (QED) is 0.565. The Balaban J connectivity index is 2.24. The van der Waals surface area contributed by atoms with Crippen LogP contribution in [0, 0.1) is 12.8 Å². The number of aryl methyl sites for hydroxylation is 1. The van der Waals surface area contributed by atoms with E-state index in [9.17, 15) is 13.2 Å². The zero-order chi connectivity index (χ0) is 15.5. The molecule has 1 saturated carbocycles. The highest BCUT2D eigenvalue weighted by atomic mass is 32.2. The number of rotatable bonds is 5. The zero-order valence-electron chi connectivity index (χ0n) is 11.9. The van der Waals surface area contributed by atoms with Crippen LogP contribution >= 0.6 is 0 Å². The van der Waals surface area contributed by atoms with Crippen LogP contribution in [0.25, 0.3) is 0 Å². The van der Waals surface area contributed by atoms with Gasteiger partial charge in [0.05, 0.1) is 4.90 Å². The second-order valence-electron chi connectivity index (χ2n) is 5.44. The Bertz CT molecular complexity index is 609. The Morgan fingerprint density at radius 1 is 1.33 bits per heavy atom. The molecule has 3 N–H and O–H groups in total. The molecule has 0 spiro atoms. The van der Waals surface area contributed by atoms with E-state index in [-0.39, 0.29) is 10.8 Å². The maximum atomic E-state index is 12.4. The summed E-state index contributed by atoms with van der Waals surface area (Å²) in [5.41, 5.74) is 2.38. The topological polar surface area (TPSA) is 95.5 Å². The maximum Gasteiger partial charge on any atom is 0.261 e. The molecule has 7 heteroatoms. The van der Waals surface area contributed by atoms with E-state index in [0.29, 0.717) is 0 Å². The molecule has 0 aliphatic heterocycles. The minimum absolute atomic E-state index is 0.0864. The first-order chi connectivity index (χ1) is 9.94. The molecule has 1 fully saturated rings. The smallest absolute Gasteiger partial charge is 0.261 e. The van der Waals surface area contributed by atoms with Crippen LogP contribution in [-0.4, -0.2) is 25.6 Å². The van der Waals surface area contributed by atoms with E-state index < -0.39 is 22.0 Å². The fraction of sp³-hybridized carbons (Fsp3) is 0.500. The lowest BCUT2D eigenvalue weighted by molar-refractivity contribution is -0.132. The van der Waals surface area contributed by atoms with Crippen LogP contribution in [0.15, 0.2) is 29.2 Å². The Morgan fingerprint density at radius 3 is 2.57 bits per heavy atom. The summed E-state index contributed by atoms with van der Waals surface area (Å²) in [6.07, 6.45) is 3.47. The van der Waals surface area contributed by atoms with Crippen LogP contribution in [-0.2, 0) is 14.8 Å². The second kappa shape index (κ2) is 6.55. The van der Waals surface area contributed by atoms with E-state index in [2.05, 4.69) is 4.72 Å². The molecule has 21 heavy (non-hydrogen) atoms. The van der Waals surface area contributed by atoms with Gasteiger partial charge in [-0.15, -0.1) is 0 Å². The summed E-state index contributed by atoms with van der Waals surface area (Å²) in [5.74, 6) is -0.796. The summed E-state index contributed by atoms with van der Waals surface area (Å²) in [6, 6.07) is 5.54. The first-order valence-electron chi connectivity index (χ1n) is 6.97. The van der Waals surface area contributed by atoms with Gasteiger partial charge in [-0.25, -0.2) is 13.9 Å². The minimum atomic E-state index is -3.80. The third-order valence-corrected chi connectivity index (χ3v) is 5.28. The van der Waals surface area contributed by atoms with Gasteiger partial charge in [0.1, 0.15) is 6.04 Å². The molecule has 1 aliphatic rings. The van der Waals surface area contributed by atoms with Crippen molar-refractivity contribution in [3.05, 3.63) is 29.8 Å². The Morgan fingerprint density at radius 2 is 2.00 bits per heavy atom. The fourth-order valence-electron chi connectivity index (χ4n) is 2.74. The third-order valence-electron chi connectivity index (χ3n) is 3.85. The molecule has 1 aliphatic carbocycles.